The fraction of sp³-hybridized carbons (Fsp3) is 0.425. The van der Waals surface area contributed by atoms with E-state index in [1.165, 1.54) is 57.5 Å². The highest BCUT2D eigenvalue weighted by Gasteiger charge is 2.38. The van der Waals surface area contributed by atoms with Crippen molar-refractivity contribution in [3.8, 4) is 0 Å². The molecular weight excluding hydrogens is 1490 g/mol. The summed E-state index contributed by atoms with van der Waals surface area (Å²) in [5, 5.41) is 175. The fourth-order valence-corrected chi connectivity index (χ4v) is 12.4. The summed E-state index contributed by atoms with van der Waals surface area (Å²) in [6, 6.07) is 20.8. The molecule has 0 saturated carbocycles. The Kier molecular flexibility index (Phi) is 35.2. The predicted octanol–water partition coefficient (Wildman–Crippen LogP) is 11.9. The zero-order valence-corrected chi connectivity index (χ0v) is 65.6. The van der Waals surface area contributed by atoms with Gasteiger partial charge < -0.3 is 96.9 Å². The Bertz CT molecular complexity index is 4460. The lowest BCUT2D eigenvalue weighted by Gasteiger charge is -2.27. The number of hydrogen-bond acceptors (Lipinski definition) is 18. The van der Waals surface area contributed by atoms with E-state index in [2.05, 4.69) is 85.9 Å². The number of aliphatic imine (C=N–C) groups is 9. The van der Waals surface area contributed by atoms with Crippen LogP contribution in [0.2, 0.25) is 5.02 Å². The predicted molar refractivity (Wildman–Crippen MR) is 447 cm³/mol. The van der Waals surface area contributed by atoms with Crippen LogP contribution < -0.4 is 16.0 Å². The van der Waals surface area contributed by atoms with E-state index in [1.807, 2.05) is 70.2 Å². The fourth-order valence-electron chi connectivity index (χ4n) is 12.2. The zero-order chi connectivity index (χ0) is 83.0. The van der Waals surface area contributed by atoms with Gasteiger partial charge in [-0.05, 0) is 149 Å². The number of amides is 1. The third kappa shape index (κ3) is 29.0. The van der Waals surface area contributed by atoms with Crippen molar-refractivity contribution in [3.63, 3.8) is 0 Å². The van der Waals surface area contributed by atoms with Gasteiger partial charge in [0.2, 0.25) is 59.0 Å². The Morgan fingerprint density at radius 1 is 0.535 bits per heavy atom. The third-order valence-corrected chi connectivity index (χ3v) is 18.2. The molecular formula is C80H104ClN17O16. The van der Waals surface area contributed by atoms with Crippen molar-refractivity contribution in [2.45, 2.75) is 179 Å². The first kappa shape index (κ1) is 89.2. The number of aliphatic hydroxyl groups excluding tert-OH is 13. The van der Waals surface area contributed by atoms with Crippen molar-refractivity contribution in [3.05, 3.63) is 173 Å². The maximum absolute atomic E-state index is 14.8. The molecule has 1 aromatic heterocycles. The number of aliphatic hydroxyl groups is 13. The number of hydrogen-bond donors (Lipinski definition) is 17. The van der Waals surface area contributed by atoms with Crippen molar-refractivity contribution in [2.24, 2.45) is 61.2 Å². The number of carbonyl (C=O) groups is 1. The van der Waals surface area contributed by atoms with E-state index in [0.29, 0.717) is 70.9 Å². The second-order valence-corrected chi connectivity index (χ2v) is 28.3. The van der Waals surface area contributed by atoms with Gasteiger partial charge in [-0.2, -0.15) is 0 Å². The highest BCUT2D eigenvalue weighted by Crippen LogP contribution is 2.26. The maximum Gasteiger partial charge on any atom is 0.325 e. The maximum atomic E-state index is 14.8. The first-order valence-corrected chi connectivity index (χ1v) is 37.6. The second kappa shape index (κ2) is 44.9. The number of fused-ring (bicyclic) bond motifs is 1. The van der Waals surface area contributed by atoms with Crippen LogP contribution in [0, 0.1) is 11.3 Å². The molecule has 17 N–H and O–H groups in total. The monoisotopic (exact) mass is 1590 g/mol. The third-order valence-electron chi connectivity index (χ3n) is 18.0. The average Bonchev–Trinajstić information content (AvgIpc) is 1.57. The number of rotatable bonds is 42. The SMILES string of the molecule is CON=C(O)Nc1ccc(C[C@H](N=C(O)[C@H](CO)N=C(O)[C@@H](Cc2cccnc2)N=C(O)[C@@H](Cc2ccc(Cl)cc2)N=C(O)[C@@H](Cc2ccc3ccccc3c2)N=C(C)O)C(O)=N[C@H](Cc2ccc(NC(O)=NOC)cc2)C(O)=N[C@@H](CC(C)C)C(O)=N[C@@H](CCCCNC(C)C)C(=O)N2CCC[C@H]2C(O)=N[C@H](C)C(=N)O)cc1. The molecule has 33 nitrogen and oxygen atoms in total. The molecule has 1 aliphatic rings. The number of pyridine rings is 1. The summed E-state index contributed by atoms with van der Waals surface area (Å²) >= 11 is 6.29. The van der Waals surface area contributed by atoms with E-state index in [-0.39, 0.29) is 69.3 Å². The number of carbonyl (C=O) groups excluding carboxylic acids is 1. The van der Waals surface area contributed by atoms with Crippen LogP contribution >= 0.6 is 11.6 Å². The molecule has 1 aliphatic heterocycles. The summed E-state index contributed by atoms with van der Waals surface area (Å²) in [6.45, 7) is 10.1. The Morgan fingerprint density at radius 3 is 1.46 bits per heavy atom. The summed E-state index contributed by atoms with van der Waals surface area (Å²) in [5.41, 5.74) is 3.28. The molecule has 0 aliphatic carbocycles. The highest BCUT2D eigenvalue weighted by atomic mass is 35.5. The van der Waals surface area contributed by atoms with Crippen molar-refractivity contribution in [1.82, 2.24) is 15.2 Å². The lowest BCUT2D eigenvalue weighted by molar-refractivity contribution is -0.132. The highest BCUT2D eigenvalue weighted by molar-refractivity contribution is 6.30. The molecule has 7 rings (SSSR count). The van der Waals surface area contributed by atoms with E-state index in [4.69, 9.17) is 17.0 Å². The number of unbranched alkanes of at least 4 members (excludes halogenated alkanes) is 1. The van der Waals surface area contributed by atoms with Gasteiger partial charge in [0, 0.05) is 80.4 Å². The van der Waals surface area contributed by atoms with Gasteiger partial charge in [-0.25, -0.2) is 44.9 Å². The summed E-state index contributed by atoms with van der Waals surface area (Å²) in [7, 11) is 2.47. The van der Waals surface area contributed by atoms with Crippen LogP contribution in [0.5, 0.6) is 0 Å². The van der Waals surface area contributed by atoms with E-state index in [0.717, 1.165) is 16.3 Å². The van der Waals surface area contributed by atoms with Crippen molar-refractivity contribution in [1.29, 1.82) is 5.41 Å². The molecule has 114 heavy (non-hydrogen) atoms. The molecule has 612 valence electrons. The van der Waals surface area contributed by atoms with Gasteiger partial charge in [-0.3, -0.25) is 15.2 Å². The van der Waals surface area contributed by atoms with Gasteiger partial charge in [0.25, 0.3) is 0 Å². The van der Waals surface area contributed by atoms with E-state index < -0.39 is 138 Å². The first-order chi connectivity index (χ1) is 54.5. The molecule has 34 heteroatoms. The molecule has 0 radical (unpaired) electrons. The molecule has 5 aromatic carbocycles. The minimum Gasteiger partial charge on any atom is -0.497 e. The number of oxime groups is 2. The molecule has 1 fully saturated rings. The number of benzene rings is 5. The summed E-state index contributed by atoms with van der Waals surface area (Å²) in [4.78, 5) is 69.9. The van der Waals surface area contributed by atoms with Crippen molar-refractivity contribution in [2.75, 3.05) is 44.5 Å². The Morgan fingerprint density at radius 2 is 0.982 bits per heavy atom. The number of aromatic nitrogens is 1. The molecule has 1 amide bonds. The van der Waals surface area contributed by atoms with E-state index in [1.54, 1.807) is 72.8 Å². The molecule has 0 bridgehead atoms. The Hall–Kier alpha value is -12.0. The van der Waals surface area contributed by atoms with Crippen LogP contribution in [0.15, 0.2) is 195 Å². The normalized spacial score (nSPS) is 17.3. The van der Waals surface area contributed by atoms with Gasteiger partial charge in [-0.15, -0.1) is 0 Å². The number of likely N-dealkylation sites (tertiary alicyclic amines) is 1. The van der Waals surface area contributed by atoms with E-state index >= 15 is 0 Å². The van der Waals surface area contributed by atoms with Gasteiger partial charge in [0.05, 0.1) is 6.61 Å². The molecule has 6 aromatic rings. The standard InChI is InChI=1S/C80H104ClN17O16/c1-46(2)37-61(70(102)89-60(18-11-12-35-84-47(3)4)78(110)98-36-14-19-68(98)77(109)85-48(5)69(82)101)90-72(104)64(40-51-23-30-58(31-24-51)87-79(111)96-113-7)92-74(106)65(41-52-25-32-59(33-26-52)88-80(112)97-114-8)94-76(108)67(45-99)95-75(107)66(43-54-15-13-34-83-44-54)93-73(105)63(39-50-21-28-57(81)29-22-50)91-71(103)62(86-49(6)100)42-53-20-27-55-16-9-10-17-56(55)38-53/h9-10,13,15-17,20-34,38,44,46-48,60-68,84,99H,11-12,14,18-19,35-37,39-43,45H2,1-8H3,(H2,82,101)(H,85,109)(H,86,100)(H,89,102)(H,90,104)(H,91,103)(H,92,106)(H,93,105)(H,94,108)(H,95,107)(H2,87,96,111)(H2,88,97,112)/t48-,60+,61+,62-,63-,64-,65+,66-,67+,68+/m1/s1. The van der Waals surface area contributed by atoms with Crippen LogP contribution in [0.3, 0.4) is 0 Å². The Labute approximate surface area is 666 Å². The lowest BCUT2D eigenvalue weighted by atomic mass is 10.0. The van der Waals surface area contributed by atoms with Crippen molar-refractivity contribution < 1.29 is 80.9 Å². The Balaban J connectivity index is 1.35. The number of halogens is 1. The second-order valence-electron chi connectivity index (χ2n) is 27.9. The average molecular weight is 1600 g/mol. The lowest BCUT2D eigenvalue weighted by Crippen LogP contribution is -2.46. The topological polar surface area (TPSA) is 511 Å². The molecule has 2 heterocycles. The molecule has 0 unspecified atom stereocenters. The number of amidine groups is 2. The largest absolute Gasteiger partial charge is 0.497 e. The van der Waals surface area contributed by atoms with Crippen LogP contribution in [0.1, 0.15) is 108 Å². The number of nitrogens with one attached hydrogen (secondary N) is 4. The van der Waals surface area contributed by atoms with Crippen LogP contribution in [0.25, 0.3) is 10.8 Å². The van der Waals surface area contributed by atoms with Gasteiger partial charge in [0.15, 0.2) is 11.9 Å². The summed E-state index contributed by atoms with van der Waals surface area (Å²) in [6.07, 6.45) is 4.10. The quantitative estimate of drug-likeness (QED) is 0.00732. The van der Waals surface area contributed by atoms with Crippen LogP contribution in [-0.2, 0) is 46.6 Å². The van der Waals surface area contributed by atoms with Gasteiger partial charge in [0.1, 0.15) is 68.6 Å². The smallest absolute Gasteiger partial charge is 0.325 e. The van der Waals surface area contributed by atoms with Crippen LogP contribution in [0.4, 0.5) is 11.4 Å². The number of anilines is 2. The molecule has 1 saturated heterocycles. The molecule has 0 spiro atoms. The summed E-state index contributed by atoms with van der Waals surface area (Å²) < 4.78 is 0. The van der Waals surface area contributed by atoms with Gasteiger partial charge >= 0.3 is 12.0 Å². The molecule has 10 atom stereocenters. The minimum absolute atomic E-state index is 0.0271. The van der Waals surface area contributed by atoms with E-state index in [9.17, 15) is 71.2 Å². The minimum atomic E-state index is -1.86. The summed E-state index contributed by atoms with van der Waals surface area (Å²) in [5.74, 6) is -7.91. The van der Waals surface area contributed by atoms with Crippen molar-refractivity contribution >= 4 is 111 Å². The first-order valence-electron chi connectivity index (χ1n) is 37.2. The number of nitrogens with zero attached hydrogens (tertiary/aromatic N) is 13. The van der Waals surface area contributed by atoms with Gasteiger partial charge in [-0.1, -0.05) is 124 Å². The van der Waals surface area contributed by atoms with Crippen LogP contribution in [-0.4, -0.2) is 254 Å². The zero-order valence-electron chi connectivity index (χ0n) is 64.8.